The Morgan fingerprint density at radius 2 is 1.80 bits per heavy atom. The second kappa shape index (κ2) is 3.77. The predicted molar refractivity (Wildman–Crippen MR) is 52.1 cm³/mol. The Balaban J connectivity index is 3.96. The van der Waals surface area contributed by atoms with Crippen LogP contribution >= 0.6 is 0 Å². The SMILES string of the molecule is C=C/C=C/C(C)[Si](C)(C)C. The molecule has 0 amide bonds. The third-order valence-corrected chi connectivity index (χ3v) is 4.83. The van der Waals surface area contributed by atoms with Crippen LogP contribution in [-0.2, 0) is 0 Å². The normalized spacial score (nSPS) is 15.6. The number of rotatable bonds is 3. The van der Waals surface area contributed by atoms with Crippen LogP contribution in [0, 0.1) is 0 Å². The van der Waals surface area contributed by atoms with Crippen molar-refractivity contribution in [3.8, 4) is 0 Å². The van der Waals surface area contributed by atoms with Crippen LogP contribution in [0.5, 0.6) is 0 Å². The smallest absolute Gasteiger partial charge is 0.0510 e. The molecule has 1 heteroatoms. The summed E-state index contributed by atoms with van der Waals surface area (Å²) in [5.41, 5.74) is 0.755. The summed E-state index contributed by atoms with van der Waals surface area (Å²) in [7, 11) is -0.932. The lowest BCUT2D eigenvalue weighted by Gasteiger charge is -2.21. The van der Waals surface area contributed by atoms with Crippen LogP contribution in [0.15, 0.2) is 24.8 Å². The summed E-state index contributed by atoms with van der Waals surface area (Å²) >= 11 is 0. The third kappa shape index (κ3) is 3.67. The van der Waals surface area contributed by atoms with E-state index in [1.54, 1.807) is 0 Å². The average Bonchev–Trinajstić information content (AvgIpc) is 1.80. The van der Waals surface area contributed by atoms with E-state index in [0.29, 0.717) is 0 Å². The maximum Gasteiger partial charge on any atom is 0.0510 e. The molecule has 0 aromatic heterocycles. The molecule has 0 heterocycles. The first kappa shape index (κ1) is 9.70. The highest BCUT2D eigenvalue weighted by Crippen LogP contribution is 2.21. The number of allylic oxidation sites excluding steroid dienone is 3. The molecule has 0 bridgehead atoms. The fourth-order valence-electron chi connectivity index (χ4n) is 0.534. The summed E-state index contributed by atoms with van der Waals surface area (Å²) in [4.78, 5) is 0. The maximum atomic E-state index is 3.64. The molecule has 0 nitrogen and oxygen atoms in total. The minimum atomic E-state index is -0.932. The Morgan fingerprint density at radius 1 is 1.30 bits per heavy atom. The molecular weight excluding hydrogens is 136 g/mol. The number of hydrogen-bond donors (Lipinski definition) is 0. The molecule has 58 valence electrons. The minimum absolute atomic E-state index is 0.755. The van der Waals surface area contributed by atoms with Gasteiger partial charge < -0.3 is 0 Å². The zero-order valence-corrected chi connectivity index (χ0v) is 8.52. The van der Waals surface area contributed by atoms with Gasteiger partial charge in [-0.3, -0.25) is 0 Å². The summed E-state index contributed by atoms with van der Waals surface area (Å²) in [6.07, 6.45) is 6.14. The van der Waals surface area contributed by atoms with Crippen LogP contribution in [0.4, 0.5) is 0 Å². The van der Waals surface area contributed by atoms with Gasteiger partial charge in [-0.2, -0.15) is 0 Å². The van der Waals surface area contributed by atoms with Gasteiger partial charge in [-0.15, -0.1) is 0 Å². The van der Waals surface area contributed by atoms with E-state index in [9.17, 15) is 0 Å². The lowest BCUT2D eigenvalue weighted by Crippen LogP contribution is -2.24. The van der Waals surface area contributed by atoms with Crippen molar-refractivity contribution in [1.82, 2.24) is 0 Å². The van der Waals surface area contributed by atoms with Crippen molar-refractivity contribution < 1.29 is 0 Å². The summed E-state index contributed by atoms with van der Waals surface area (Å²) in [5, 5.41) is 0. The fourth-order valence-corrected chi connectivity index (χ4v) is 1.22. The molecule has 0 aliphatic carbocycles. The summed E-state index contributed by atoms with van der Waals surface area (Å²) in [5.74, 6) is 0. The van der Waals surface area contributed by atoms with E-state index in [1.807, 2.05) is 12.2 Å². The van der Waals surface area contributed by atoms with Crippen molar-refractivity contribution in [3.05, 3.63) is 24.8 Å². The Hall–Kier alpha value is -0.303. The first-order valence-electron chi connectivity index (χ1n) is 3.77. The quantitative estimate of drug-likeness (QED) is 0.431. The molecular formula is C9H18Si. The molecule has 1 unspecified atom stereocenters. The van der Waals surface area contributed by atoms with Gasteiger partial charge in [0.2, 0.25) is 0 Å². The van der Waals surface area contributed by atoms with Crippen LogP contribution in [0.1, 0.15) is 6.92 Å². The highest BCUT2D eigenvalue weighted by molar-refractivity contribution is 6.77. The lowest BCUT2D eigenvalue weighted by atomic mass is 10.4. The molecule has 0 saturated carbocycles. The third-order valence-electron chi connectivity index (χ3n) is 1.90. The van der Waals surface area contributed by atoms with Crippen molar-refractivity contribution in [3.63, 3.8) is 0 Å². The van der Waals surface area contributed by atoms with E-state index in [4.69, 9.17) is 0 Å². The monoisotopic (exact) mass is 154 g/mol. The van der Waals surface area contributed by atoms with Crippen LogP contribution in [0.25, 0.3) is 0 Å². The minimum Gasteiger partial charge on any atom is -0.0991 e. The Labute approximate surface area is 65.7 Å². The topological polar surface area (TPSA) is 0 Å². The molecule has 10 heavy (non-hydrogen) atoms. The van der Waals surface area contributed by atoms with Gasteiger partial charge in [-0.25, -0.2) is 0 Å². The Bertz CT molecular complexity index is 128. The van der Waals surface area contributed by atoms with Crippen LogP contribution in [-0.4, -0.2) is 8.07 Å². The molecule has 0 aliphatic rings. The van der Waals surface area contributed by atoms with Gasteiger partial charge in [0.1, 0.15) is 0 Å². The molecule has 0 rings (SSSR count). The van der Waals surface area contributed by atoms with Crippen molar-refractivity contribution in [2.45, 2.75) is 32.1 Å². The standard InChI is InChI=1S/C9H18Si/c1-6-7-8-9(2)10(3,4)5/h6-9H,1H2,2-5H3/b8-7+. The Morgan fingerprint density at radius 3 is 2.10 bits per heavy atom. The van der Waals surface area contributed by atoms with Gasteiger partial charge in [0.05, 0.1) is 8.07 Å². The molecule has 0 radical (unpaired) electrons. The summed E-state index contributed by atoms with van der Waals surface area (Å²) in [6.45, 7) is 13.1. The van der Waals surface area contributed by atoms with Crippen molar-refractivity contribution in [2.75, 3.05) is 0 Å². The summed E-state index contributed by atoms with van der Waals surface area (Å²) in [6, 6.07) is 0. The molecule has 0 saturated heterocycles. The van der Waals surface area contributed by atoms with Crippen LogP contribution in [0.3, 0.4) is 0 Å². The molecule has 0 aromatic rings. The van der Waals surface area contributed by atoms with E-state index < -0.39 is 8.07 Å². The number of hydrogen-bond acceptors (Lipinski definition) is 0. The zero-order valence-electron chi connectivity index (χ0n) is 7.52. The van der Waals surface area contributed by atoms with Gasteiger partial charge >= 0.3 is 0 Å². The first-order valence-corrected chi connectivity index (χ1v) is 7.35. The van der Waals surface area contributed by atoms with E-state index in [1.165, 1.54) is 0 Å². The van der Waals surface area contributed by atoms with Gasteiger partial charge in [0, 0.05) is 0 Å². The second-order valence-electron chi connectivity index (χ2n) is 3.78. The van der Waals surface area contributed by atoms with E-state index in [-0.39, 0.29) is 0 Å². The van der Waals surface area contributed by atoms with Gasteiger partial charge in [0.15, 0.2) is 0 Å². The zero-order chi connectivity index (χ0) is 8.20. The van der Waals surface area contributed by atoms with E-state index >= 15 is 0 Å². The molecule has 0 spiro atoms. The van der Waals surface area contributed by atoms with Gasteiger partial charge in [-0.05, 0) is 5.54 Å². The molecule has 0 aromatic carbocycles. The van der Waals surface area contributed by atoms with Crippen molar-refractivity contribution in [2.24, 2.45) is 0 Å². The van der Waals surface area contributed by atoms with Crippen molar-refractivity contribution in [1.29, 1.82) is 0 Å². The molecule has 0 fully saturated rings. The van der Waals surface area contributed by atoms with E-state index in [0.717, 1.165) is 5.54 Å². The first-order chi connectivity index (χ1) is 4.48. The lowest BCUT2D eigenvalue weighted by molar-refractivity contribution is 1.13. The van der Waals surface area contributed by atoms with Crippen molar-refractivity contribution >= 4 is 8.07 Å². The van der Waals surface area contributed by atoms with Gasteiger partial charge in [-0.1, -0.05) is 51.4 Å². The van der Waals surface area contributed by atoms with E-state index in [2.05, 4.69) is 39.2 Å². The Kier molecular flexibility index (Phi) is 3.65. The van der Waals surface area contributed by atoms with Crippen LogP contribution in [0.2, 0.25) is 25.2 Å². The predicted octanol–water partition coefficient (Wildman–Crippen LogP) is 3.46. The maximum absolute atomic E-state index is 3.64. The highest BCUT2D eigenvalue weighted by atomic mass is 28.3. The molecule has 1 atom stereocenters. The summed E-state index contributed by atoms with van der Waals surface area (Å²) < 4.78 is 0. The van der Waals surface area contributed by atoms with Gasteiger partial charge in [0.25, 0.3) is 0 Å². The highest BCUT2D eigenvalue weighted by Gasteiger charge is 2.18. The average molecular weight is 154 g/mol. The van der Waals surface area contributed by atoms with Crippen LogP contribution < -0.4 is 0 Å². The second-order valence-corrected chi connectivity index (χ2v) is 9.42. The molecule has 0 N–H and O–H groups in total. The largest absolute Gasteiger partial charge is 0.0991 e. The molecule has 0 aliphatic heterocycles. The fraction of sp³-hybridized carbons (Fsp3) is 0.556.